The second-order valence-electron chi connectivity index (χ2n) is 10.2. The highest BCUT2D eigenvalue weighted by atomic mass is 35.5. The number of fused-ring (bicyclic) bond motifs is 1. The number of nitrogens with two attached hydrogens (primary N) is 1. The number of benzene rings is 1. The summed E-state index contributed by atoms with van der Waals surface area (Å²) in [6, 6.07) is 6.92. The molecule has 0 bridgehead atoms. The average Bonchev–Trinajstić information content (AvgIpc) is 3.69. The van der Waals surface area contributed by atoms with Crippen molar-refractivity contribution in [2.24, 2.45) is 0 Å². The first-order chi connectivity index (χ1) is 19.3. The van der Waals surface area contributed by atoms with Gasteiger partial charge in [0, 0.05) is 30.6 Å². The monoisotopic (exact) mass is 594 g/mol. The molecule has 3 saturated heterocycles. The summed E-state index contributed by atoms with van der Waals surface area (Å²) in [4.78, 5) is 23.7. The van der Waals surface area contributed by atoms with E-state index >= 15 is 0 Å². The number of aliphatic hydroxyl groups is 1. The summed E-state index contributed by atoms with van der Waals surface area (Å²) < 4.78 is 40.3. The van der Waals surface area contributed by atoms with Crippen LogP contribution >= 0.6 is 19.3 Å². The van der Waals surface area contributed by atoms with Crippen molar-refractivity contribution in [3.05, 3.63) is 47.5 Å². The van der Waals surface area contributed by atoms with E-state index in [4.69, 9.17) is 36.1 Å². The Balaban J connectivity index is 1.22. The molecule has 6 rings (SSSR count). The highest BCUT2D eigenvalue weighted by Crippen LogP contribution is 2.55. The molecule has 3 aliphatic heterocycles. The molecule has 1 aromatic carbocycles. The van der Waals surface area contributed by atoms with Crippen molar-refractivity contribution in [3.8, 4) is 0 Å². The van der Waals surface area contributed by atoms with Crippen LogP contribution in [0.5, 0.6) is 0 Å². The quantitative estimate of drug-likeness (QED) is 0.326. The summed E-state index contributed by atoms with van der Waals surface area (Å²) in [5.41, 5.74) is 7.51. The van der Waals surface area contributed by atoms with Gasteiger partial charge in [-0.25, -0.2) is 24.2 Å². The molecule has 40 heavy (non-hydrogen) atoms. The van der Waals surface area contributed by atoms with Crippen LogP contribution in [-0.4, -0.2) is 78.5 Å². The Hall–Kier alpha value is -2.19. The summed E-state index contributed by atoms with van der Waals surface area (Å²) in [5.74, 6) is 0.203. The first-order valence-electron chi connectivity index (χ1n) is 13.4. The van der Waals surface area contributed by atoms with Crippen LogP contribution in [0.2, 0.25) is 5.02 Å². The lowest BCUT2D eigenvalue weighted by atomic mass is 9.97. The maximum absolute atomic E-state index is 13.6. The van der Waals surface area contributed by atoms with Crippen molar-refractivity contribution in [3.63, 3.8) is 0 Å². The van der Waals surface area contributed by atoms with Gasteiger partial charge in [0.15, 0.2) is 24.0 Å². The van der Waals surface area contributed by atoms with Crippen LogP contribution in [0, 0.1) is 0 Å². The van der Waals surface area contributed by atoms with Crippen molar-refractivity contribution in [2.45, 2.75) is 69.0 Å². The van der Waals surface area contributed by atoms with Crippen LogP contribution in [-0.2, 0) is 23.3 Å². The van der Waals surface area contributed by atoms with E-state index in [2.05, 4.69) is 15.0 Å². The molecule has 15 heteroatoms. The standard InChI is InChI=1S/C25H32ClN6O7P/c26-16-7-2-1-6-15(16)17-8-3-4-10-32(17)40(34,35)37-12-18-21(33)22(39-19-9-5-11-36-19)25(38-18)31-14-30-20-23(27)28-13-29-24(20)31/h1-2,6-7,13-14,17-19,21-22,25,33H,3-5,8-12H2,(H,34,35)(H2,27,28,29)/t17?,18-,19?,21-,22-,25-/m1/s1. The first-order valence-corrected chi connectivity index (χ1v) is 15.3. The molecule has 0 radical (unpaired) electrons. The van der Waals surface area contributed by atoms with Gasteiger partial charge in [0.2, 0.25) is 0 Å². The Morgan fingerprint density at radius 2 is 2.02 bits per heavy atom. The topological polar surface area (TPSA) is 167 Å². The van der Waals surface area contributed by atoms with E-state index in [1.165, 1.54) is 17.3 Å². The Kier molecular flexibility index (Phi) is 8.10. The third kappa shape index (κ3) is 5.38. The van der Waals surface area contributed by atoms with Gasteiger partial charge >= 0.3 is 7.75 Å². The van der Waals surface area contributed by atoms with E-state index in [1.807, 2.05) is 18.2 Å². The molecule has 3 unspecified atom stereocenters. The van der Waals surface area contributed by atoms with Crippen molar-refractivity contribution in [1.29, 1.82) is 0 Å². The van der Waals surface area contributed by atoms with Crippen LogP contribution in [0.4, 0.5) is 5.82 Å². The third-order valence-corrected chi connectivity index (χ3v) is 9.60. The minimum Gasteiger partial charge on any atom is -0.387 e. The van der Waals surface area contributed by atoms with E-state index in [0.717, 1.165) is 24.8 Å². The number of aliphatic hydroxyl groups excluding tert-OH is 1. The third-order valence-electron chi connectivity index (χ3n) is 7.64. The average molecular weight is 595 g/mol. The largest absolute Gasteiger partial charge is 0.406 e. The zero-order chi connectivity index (χ0) is 27.9. The lowest BCUT2D eigenvalue weighted by molar-refractivity contribution is -0.181. The first kappa shape index (κ1) is 28.0. The van der Waals surface area contributed by atoms with Crippen molar-refractivity contribution in [1.82, 2.24) is 24.2 Å². The maximum Gasteiger partial charge on any atom is 0.406 e. The molecule has 0 amide bonds. The fraction of sp³-hybridized carbons (Fsp3) is 0.560. The van der Waals surface area contributed by atoms with Crippen molar-refractivity contribution in [2.75, 3.05) is 25.5 Å². The number of imidazole rings is 1. The van der Waals surface area contributed by atoms with Crippen molar-refractivity contribution >= 4 is 36.3 Å². The number of halogens is 1. The fourth-order valence-electron chi connectivity index (χ4n) is 5.64. The number of anilines is 1. The van der Waals surface area contributed by atoms with Gasteiger partial charge < -0.3 is 29.9 Å². The summed E-state index contributed by atoms with van der Waals surface area (Å²) >= 11 is 6.43. The molecular formula is C25H32ClN6O7P. The predicted octanol–water partition coefficient (Wildman–Crippen LogP) is 3.19. The molecule has 3 fully saturated rings. The van der Waals surface area contributed by atoms with E-state index < -0.39 is 38.6 Å². The molecule has 4 N–H and O–H groups in total. The van der Waals surface area contributed by atoms with E-state index in [0.29, 0.717) is 42.2 Å². The maximum atomic E-state index is 13.6. The van der Waals surface area contributed by atoms with Crippen LogP contribution in [0.15, 0.2) is 36.9 Å². The lowest BCUT2D eigenvalue weighted by Crippen LogP contribution is -2.38. The number of nitrogen functional groups attached to an aromatic ring is 1. The van der Waals surface area contributed by atoms with E-state index in [-0.39, 0.29) is 18.5 Å². The normalized spacial score (nSPS) is 31.1. The fourth-order valence-corrected chi connectivity index (χ4v) is 7.38. The highest BCUT2D eigenvalue weighted by Gasteiger charge is 2.49. The highest BCUT2D eigenvalue weighted by molar-refractivity contribution is 7.50. The Morgan fingerprint density at radius 3 is 2.83 bits per heavy atom. The van der Waals surface area contributed by atoms with Gasteiger partial charge in [-0.15, -0.1) is 0 Å². The molecule has 0 saturated carbocycles. The van der Waals surface area contributed by atoms with Gasteiger partial charge in [-0.2, -0.15) is 0 Å². The Morgan fingerprint density at radius 1 is 1.18 bits per heavy atom. The predicted molar refractivity (Wildman–Crippen MR) is 144 cm³/mol. The SMILES string of the molecule is Nc1ncnc2c1ncn2[C@@H]1O[C@H](COP(=O)(O)N2CCCCC2c2ccccc2Cl)[C@@H](O)[C@H]1OC1CCCO1. The molecule has 3 aromatic rings. The Bertz CT molecular complexity index is 1390. The van der Waals surface area contributed by atoms with Gasteiger partial charge in [0.1, 0.15) is 30.2 Å². The second-order valence-corrected chi connectivity index (χ2v) is 12.3. The molecule has 216 valence electrons. The molecule has 7 atom stereocenters. The van der Waals surface area contributed by atoms with Gasteiger partial charge in [0.25, 0.3) is 0 Å². The van der Waals surface area contributed by atoms with E-state index in [1.54, 1.807) is 10.6 Å². The van der Waals surface area contributed by atoms with Crippen LogP contribution in [0.3, 0.4) is 0 Å². The van der Waals surface area contributed by atoms with Gasteiger partial charge in [-0.3, -0.25) is 9.09 Å². The van der Waals surface area contributed by atoms with Crippen molar-refractivity contribution < 1.29 is 33.3 Å². The number of hydrogen-bond acceptors (Lipinski definition) is 10. The van der Waals surface area contributed by atoms with Crippen LogP contribution in [0.1, 0.15) is 49.9 Å². The summed E-state index contributed by atoms with van der Waals surface area (Å²) in [6.45, 7) is 0.568. The number of ether oxygens (including phenoxy) is 3. The summed E-state index contributed by atoms with van der Waals surface area (Å²) in [5, 5.41) is 11.8. The van der Waals surface area contributed by atoms with Gasteiger partial charge in [0.05, 0.1) is 12.9 Å². The zero-order valence-electron chi connectivity index (χ0n) is 21.7. The van der Waals surface area contributed by atoms with Gasteiger partial charge in [-0.1, -0.05) is 36.2 Å². The molecule has 0 aliphatic carbocycles. The zero-order valence-corrected chi connectivity index (χ0v) is 23.3. The summed E-state index contributed by atoms with van der Waals surface area (Å²) in [7, 11) is -4.30. The smallest absolute Gasteiger partial charge is 0.387 e. The lowest BCUT2D eigenvalue weighted by Gasteiger charge is -2.38. The second kappa shape index (κ2) is 11.6. The summed E-state index contributed by atoms with van der Waals surface area (Å²) in [6.07, 6.45) is 2.12. The molecule has 0 spiro atoms. The minimum atomic E-state index is -4.30. The molecule has 13 nitrogen and oxygen atoms in total. The van der Waals surface area contributed by atoms with Crippen LogP contribution < -0.4 is 5.73 Å². The minimum absolute atomic E-state index is 0.203. The molecule has 5 heterocycles. The number of aromatic nitrogens is 4. The Labute approximate surface area is 235 Å². The van der Waals surface area contributed by atoms with E-state index in [9.17, 15) is 14.6 Å². The number of nitrogens with zero attached hydrogens (tertiary/aromatic N) is 5. The number of hydrogen-bond donors (Lipinski definition) is 3. The number of rotatable bonds is 8. The van der Waals surface area contributed by atoms with Crippen LogP contribution in [0.25, 0.3) is 11.2 Å². The number of piperidine rings is 1. The molecule has 3 aliphatic rings. The molecular weight excluding hydrogens is 563 g/mol. The van der Waals surface area contributed by atoms with Gasteiger partial charge in [-0.05, 0) is 30.9 Å². The molecule has 2 aromatic heterocycles.